The van der Waals surface area contributed by atoms with Crippen molar-refractivity contribution in [2.24, 2.45) is 93.9 Å². The SMILES string of the molecule is [2H]C([2H])([2H])Oc1cc2c(cc1OC)C1([2H])CC([2H])(OC(=O)[C@@]([2H])(N)C([2H])(C([2H])([2H])[2H])C([2H])([2H])[2H])C(CC(C)C)CN1C([2H])([2H])C2([2H])[2H].[2H]C1(OC(=O)[C@@]([2H])(N)C([2H])(C([2H])([2H])[2H])C([2H])([2H])[2H])CC2([2H])c3cc(OC)c(OC)cc3C([2H])([2H])C([2H])([2H])N2CC1CC(C)C.[2H]c1c(OC)c(OC([2H])([2H])[2H])c([2H])c2c1C1([2H])CC([2H])(OC(=O)[C@@]([2H])(N)C([2H])(C([2H])([2H])[2H])C([2H])([2H])[2H])C(CC(C)C)CN1C([2H])([2H])C2([2H])[2H].[2H]c1c(OC)c(OC)c([2H])c2c1C1([2H])CC([2H])(OC(=O)[C@@]([2H])(N)C([2H])(C([2H])([2H])[2H])C([2H])([2H])[2H])C(CC(C)C)CN1C([2H])([2H])C2([2H])[2H]. The molecule has 24 heteroatoms. The van der Waals surface area contributed by atoms with E-state index >= 15 is 0 Å². The fourth-order valence-electron chi connectivity index (χ4n) is 14.3. The average molecular weight is 1740 g/mol. The molecule has 0 spiro atoms. The summed E-state index contributed by atoms with van der Waals surface area (Å²) >= 11 is 0. The summed E-state index contributed by atoms with van der Waals surface area (Å²) in [6.07, 6.45) is -26.8. The van der Waals surface area contributed by atoms with E-state index in [0.29, 0.717) is 4.90 Å². The van der Waals surface area contributed by atoms with Crippen molar-refractivity contribution in [1.29, 1.82) is 0 Å². The molecule has 16 atom stereocenters. The minimum absolute atomic E-state index is 0.00981. The lowest BCUT2D eigenvalue weighted by molar-refractivity contribution is -0.161. The second-order valence-corrected chi connectivity index (χ2v) is 30.2. The van der Waals surface area contributed by atoms with Crippen LogP contribution in [0.1, 0.15) is 321 Å². The topological polar surface area (TPSA) is 296 Å². The Morgan fingerprint density at radius 2 is 0.600 bits per heavy atom. The first kappa shape index (κ1) is 40.4. The van der Waals surface area contributed by atoms with E-state index in [1.54, 1.807) is 55.4 Å². The summed E-state index contributed by atoms with van der Waals surface area (Å²) < 4.78 is 611. The molecule has 4 saturated heterocycles. The lowest BCUT2D eigenvalue weighted by atomic mass is 9.79. The van der Waals surface area contributed by atoms with Gasteiger partial charge in [0, 0.05) is 186 Å². The number of aryl methyl sites for hydroxylation is 2. The Bertz CT molecular complexity index is 7100. The predicted molar refractivity (Wildman–Crippen MR) is 471 cm³/mol. The van der Waals surface area contributed by atoms with Crippen LogP contribution in [0.15, 0.2) is 48.4 Å². The zero-order chi connectivity index (χ0) is 146. The second-order valence-electron chi connectivity index (χ2n) is 30.2. The zero-order valence-electron chi connectivity index (χ0n) is 135. The molecule has 0 amide bonds. The van der Waals surface area contributed by atoms with Crippen molar-refractivity contribution in [3.05, 3.63) is 92.9 Å². The maximum atomic E-state index is 13.6. The minimum Gasteiger partial charge on any atom is -0.493 e. The van der Waals surface area contributed by atoms with Crippen LogP contribution in [0.5, 0.6) is 46.0 Å². The third-order valence-corrected chi connectivity index (χ3v) is 20.0. The van der Waals surface area contributed by atoms with Gasteiger partial charge in [-0.25, -0.2) is 0 Å². The molecular formula is C96H152N8O16. The highest BCUT2D eigenvalue weighted by atomic mass is 16.6. The van der Waals surface area contributed by atoms with E-state index in [9.17, 15) is 30.1 Å². The van der Waals surface area contributed by atoms with Gasteiger partial charge in [-0.2, -0.15) is 0 Å². The molecule has 0 saturated carbocycles. The van der Waals surface area contributed by atoms with E-state index in [4.69, 9.17) is 159 Å². The molecule has 4 fully saturated rings. The summed E-state index contributed by atoms with van der Waals surface area (Å²) in [5.41, 5.74) is 18.5. The molecule has 0 bridgehead atoms. The first-order chi connectivity index (χ1) is 82.4. The molecular weight excluding hydrogens is 1520 g/mol. The Morgan fingerprint density at radius 3 is 0.858 bits per heavy atom. The Kier molecular flexibility index (Phi) is 14.8. The van der Waals surface area contributed by atoms with Gasteiger partial charge in [0.05, 0.1) is 86.9 Å². The largest absolute Gasteiger partial charge is 0.493 e. The van der Waals surface area contributed by atoms with E-state index in [1.165, 1.54) is 26.4 Å². The molecule has 8 N–H and O–H groups in total. The number of hydrogen-bond donors (Lipinski definition) is 4. The fraction of sp³-hybridized carbons (Fsp3) is 0.708. The number of fused-ring (bicyclic) bond motifs is 12. The number of nitrogens with zero attached hydrogens (tertiary/aromatic N) is 4. The number of ether oxygens (including phenoxy) is 12. The van der Waals surface area contributed by atoms with Gasteiger partial charge in [-0.15, -0.1) is 0 Å². The number of benzene rings is 4. The molecule has 8 heterocycles. The van der Waals surface area contributed by atoms with Crippen LogP contribution < -0.4 is 60.8 Å². The smallest absolute Gasteiger partial charge is 0.323 e. The van der Waals surface area contributed by atoms with Gasteiger partial charge in [-0.1, -0.05) is 110 Å². The Balaban J connectivity index is 0.000000270. The molecule has 24 nitrogen and oxygen atoms in total. The minimum atomic E-state index is -4.00. The highest BCUT2D eigenvalue weighted by Crippen LogP contribution is 2.50. The van der Waals surface area contributed by atoms with Crippen molar-refractivity contribution in [1.82, 2.24) is 19.6 Å². The first-order valence-corrected chi connectivity index (χ1v) is 38.0. The van der Waals surface area contributed by atoms with E-state index in [-0.39, 0.29) is 83.3 Å². The lowest BCUT2D eigenvalue weighted by Gasteiger charge is -2.47. The predicted octanol–water partition coefficient (Wildman–Crippen LogP) is 14.3. The number of carbonyl (C=O) groups excluding carboxylic acids is 4. The quantitative estimate of drug-likeness (QED) is 0.0303. The number of esters is 4. The van der Waals surface area contributed by atoms with E-state index in [0.717, 1.165) is 55.3 Å². The summed E-state index contributed by atoms with van der Waals surface area (Å²) in [6.45, 7) is -31.7. The molecule has 0 aromatic heterocycles. The van der Waals surface area contributed by atoms with Gasteiger partial charge >= 0.3 is 23.9 Å². The maximum Gasteiger partial charge on any atom is 0.323 e. The van der Waals surface area contributed by atoms with Crippen LogP contribution in [0.4, 0.5) is 0 Å². The molecule has 120 heavy (non-hydrogen) atoms. The molecule has 0 radical (unpaired) electrons. The highest BCUT2D eigenvalue weighted by molar-refractivity contribution is 5.77. The van der Waals surface area contributed by atoms with E-state index in [2.05, 4.69) is 0 Å². The standard InChI is InChI=1S/4C24H38N2O4/c4*1-14(2)9-17-13-26-8-7-16-10-21(28-5)22(29-6)11-18(16)19(26)12-20(17)30-24(27)23(25)15(3)4/h4*10-11,14-15,17,19-20,23H,7-9,12-13,25H2,1-6H3/t4*17?,19?,20?,23-/m0000/s1/i3D3,4D3,5D3,7D2,8D2,10D,11D,15D,19D,20D,23D;3D3,4D3,7D2,8D2,10D,11D,15D,19D,20D,23D;3D3,4D3,5D3,7D2,8D2,15D,19D,20D,23D;3D3,4D3,7D2,8D2,15D,19D,20D,23D. The van der Waals surface area contributed by atoms with Gasteiger partial charge in [0.2, 0.25) is 0 Å². The Morgan fingerprint density at radius 1 is 0.367 bits per heavy atom. The number of rotatable bonds is 28. The molecule has 0 aliphatic carbocycles. The highest BCUT2D eigenvalue weighted by Gasteiger charge is 2.47. The number of carbonyl (C=O) groups is 4. The second kappa shape index (κ2) is 43.9. The van der Waals surface area contributed by atoms with Crippen LogP contribution in [0.3, 0.4) is 0 Å². The molecule has 4 aromatic rings. The van der Waals surface area contributed by atoms with Crippen LogP contribution in [-0.4, -0.2) is 201 Å². The Hall–Kier alpha value is -7.16. The maximum absolute atomic E-state index is 13.6. The van der Waals surface area contributed by atoms with Gasteiger partial charge < -0.3 is 79.8 Å². The van der Waals surface area contributed by atoms with Gasteiger partial charge in [0.15, 0.2) is 46.0 Å². The summed E-state index contributed by atoms with van der Waals surface area (Å²) in [4.78, 5) is 57.4. The van der Waals surface area contributed by atoms with Crippen molar-refractivity contribution in [2.45, 2.75) is 260 Å². The average Bonchev–Trinajstić information content (AvgIpc) is 0.668. The Labute approximate surface area is 811 Å². The summed E-state index contributed by atoms with van der Waals surface area (Å²) in [5.74, 6) is -33.4. The van der Waals surface area contributed by atoms with Crippen molar-refractivity contribution >= 4 is 23.9 Å². The van der Waals surface area contributed by atoms with Crippen molar-refractivity contribution in [3.8, 4) is 46.0 Å². The molecule has 672 valence electrons. The fourth-order valence-corrected chi connectivity index (χ4v) is 14.3. The monoisotopic (exact) mass is 1740 g/mol. The van der Waals surface area contributed by atoms with Crippen LogP contribution in [0.2, 0.25) is 0 Å². The number of nitrogens with two attached hydrogens (primary N) is 4. The molecule has 12 rings (SSSR count). The third-order valence-electron chi connectivity index (χ3n) is 20.0. The van der Waals surface area contributed by atoms with Gasteiger partial charge in [0.1, 0.15) is 48.4 Å². The normalized spacial score (nSPS) is 43.7. The van der Waals surface area contributed by atoms with Crippen molar-refractivity contribution in [2.75, 3.05) is 109 Å². The van der Waals surface area contributed by atoms with Crippen molar-refractivity contribution < 1.29 is 166 Å². The molecule has 8 aliphatic rings. The van der Waals surface area contributed by atoms with Crippen LogP contribution in [-0.2, 0) is 63.6 Å². The molecule has 8 aliphatic heterocycles. The summed E-state index contributed by atoms with van der Waals surface area (Å²) in [5, 5.41) is 0. The first-order valence-electron chi connectivity index (χ1n) is 71.0. The number of piperidine rings is 4. The summed E-state index contributed by atoms with van der Waals surface area (Å²) in [6, 6.07) is -24.6. The van der Waals surface area contributed by atoms with Crippen LogP contribution >= 0.6 is 0 Å². The van der Waals surface area contributed by atoms with E-state index in [1.807, 2.05) is 0 Å². The summed E-state index contributed by atoms with van der Waals surface area (Å²) in [7, 11) is 0.635. The lowest BCUT2D eigenvalue weighted by Crippen LogP contribution is -2.51. The molecule has 4 aromatic carbocycles. The van der Waals surface area contributed by atoms with E-state index < -0.39 is 397 Å². The number of methoxy groups -OCH3 is 8. The zero-order valence-corrected chi connectivity index (χ0v) is 69.0. The van der Waals surface area contributed by atoms with Crippen LogP contribution in [0, 0.1) is 70.9 Å². The van der Waals surface area contributed by atoms with Crippen LogP contribution in [0.25, 0.3) is 0 Å². The van der Waals surface area contributed by atoms with Gasteiger partial charge in [-0.3, -0.25) is 38.8 Å². The third kappa shape index (κ3) is 23.8. The van der Waals surface area contributed by atoms with Crippen molar-refractivity contribution in [3.63, 3.8) is 0 Å². The molecule has 12 unspecified atom stereocenters. The van der Waals surface area contributed by atoms with Gasteiger partial charge in [-0.05, 0) is 191 Å². The number of hydrogen-bond acceptors (Lipinski definition) is 24. The van der Waals surface area contributed by atoms with Gasteiger partial charge in [0.25, 0.3) is 0 Å².